The van der Waals surface area contributed by atoms with Crippen LogP contribution in [0.25, 0.3) is 0 Å². The molecule has 1 heterocycles. The van der Waals surface area contributed by atoms with Gasteiger partial charge in [-0.2, -0.15) is 5.10 Å². The van der Waals surface area contributed by atoms with Crippen molar-refractivity contribution < 1.29 is 14.6 Å². The van der Waals surface area contributed by atoms with Gasteiger partial charge >= 0.3 is 5.97 Å². The van der Waals surface area contributed by atoms with Crippen LogP contribution in [-0.4, -0.2) is 20.9 Å². The van der Waals surface area contributed by atoms with Gasteiger partial charge in [0.05, 0.1) is 5.69 Å². The number of aromatic nitrogens is 2. The van der Waals surface area contributed by atoms with Crippen LogP contribution >= 0.6 is 0 Å². The van der Waals surface area contributed by atoms with Gasteiger partial charge in [-0.3, -0.25) is 0 Å². The molecule has 0 aliphatic carbocycles. The predicted octanol–water partition coefficient (Wildman–Crippen LogP) is 2.84. The fraction of sp³-hybridized carbons (Fsp3) is 0.286. The van der Waals surface area contributed by atoms with Crippen LogP contribution in [0, 0.1) is 20.8 Å². The number of nitrogens with zero attached hydrogens (tertiary/aromatic N) is 2. The number of carbonyl (C=O) groups is 1. The van der Waals surface area contributed by atoms with E-state index in [-0.39, 0.29) is 11.4 Å². The number of rotatable bonds is 3. The quantitative estimate of drug-likeness (QED) is 0.921. The maximum absolute atomic E-state index is 11.2. The molecule has 0 amide bonds. The lowest BCUT2D eigenvalue weighted by Gasteiger charge is -2.08. The van der Waals surface area contributed by atoms with E-state index in [4.69, 9.17) is 4.74 Å². The third-order valence-electron chi connectivity index (χ3n) is 2.79. The molecule has 2 aromatic rings. The van der Waals surface area contributed by atoms with Gasteiger partial charge in [0.2, 0.25) is 5.88 Å². The SMILES string of the molecule is Cc1cc(C)cc(Oc2c(C(=O)O)c(C)nn2C)c1. The highest BCUT2D eigenvalue weighted by Crippen LogP contribution is 2.28. The Labute approximate surface area is 111 Å². The maximum atomic E-state index is 11.2. The zero-order chi connectivity index (χ0) is 14.2. The molecule has 5 nitrogen and oxygen atoms in total. The first-order valence-electron chi connectivity index (χ1n) is 5.91. The molecule has 0 bridgehead atoms. The summed E-state index contributed by atoms with van der Waals surface area (Å²) in [6, 6.07) is 5.75. The molecule has 2 rings (SSSR count). The summed E-state index contributed by atoms with van der Waals surface area (Å²) >= 11 is 0. The summed E-state index contributed by atoms with van der Waals surface area (Å²) in [5.74, 6) is -0.178. The third kappa shape index (κ3) is 2.59. The molecular weight excluding hydrogens is 244 g/mol. The first-order chi connectivity index (χ1) is 8.88. The minimum atomic E-state index is -1.04. The van der Waals surface area contributed by atoms with Gasteiger partial charge in [0.25, 0.3) is 0 Å². The van der Waals surface area contributed by atoms with E-state index < -0.39 is 5.97 Å². The van der Waals surface area contributed by atoms with Crippen LogP contribution in [-0.2, 0) is 7.05 Å². The lowest BCUT2D eigenvalue weighted by atomic mass is 10.1. The summed E-state index contributed by atoms with van der Waals surface area (Å²) < 4.78 is 7.14. The van der Waals surface area contributed by atoms with Gasteiger partial charge in [-0.15, -0.1) is 0 Å². The fourth-order valence-electron chi connectivity index (χ4n) is 2.10. The fourth-order valence-corrected chi connectivity index (χ4v) is 2.10. The van der Waals surface area contributed by atoms with Crippen LogP contribution < -0.4 is 4.74 Å². The Hall–Kier alpha value is -2.30. The van der Waals surface area contributed by atoms with Gasteiger partial charge in [0.15, 0.2) is 0 Å². The van der Waals surface area contributed by atoms with E-state index in [1.54, 1.807) is 14.0 Å². The monoisotopic (exact) mass is 260 g/mol. The second kappa shape index (κ2) is 4.76. The lowest BCUT2D eigenvalue weighted by molar-refractivity contribution is 0.0693. The molecule has 0 aliphatic heterocycles. The zero-order valence-electron chi connectivity index (χ0n) is 11.4. The first kappa shape index (κ1) is 13.1. The Bertz CT molecular complexity index is 624. The summed E-state index contributed by atoms with van der Waals surface area (Å²) in [6.45, 7) is 5.58. The highest BCUT2D eigenvalue weighted by molar-refractivity contribution is 5.91. The summed E-state index contributed by atoms with van der Waals surface area (Å²) in [5, 5.41) is 13.3. The average Bonchev–Trinajstić information content (AvgIpc) is 2.52. The van der Waals surface area contributed by atoms with Gasteiger partial charge in [-0.1, -0.05) is 6.07 Å². The molecular formula is C14H16N2O3. The molecule has 0 spiro atoms. The van der Waals surface area contributed by atoms with Crippen molar-refractivity contribution in [3.63, 3.8) is 0 Å². The number of carboxylic acid groups (broad SMARTS) is 1. The van der Waals surface area contributed by atoms with E-state index in [9.17, 15) is 9.90 Å². The molecule has 19 heavy (non-hydrogen) atoms. The molecule has 0 radical (unpaired) electrons. The van der Waals surface area contributed by atoms with Crippen molar-refractivity contribution in [1.29, 1.82) is 0 Å². The maximum Gasteiger partial charge on any atom is 0.343 e. The van der Waals surface area contributed by atoms with Gasteiger partial charge < -0.3 is 9.84 Å². The van der Waals surface area contributed by atoms with Crippen LogP contribution in [0.3, 0.4) is 0 Å². The predicted molar refractivity (Wildman–Crippen MR) is 70.9 cm³/mol. The number of ether oxygens (including phenoxy) is 1. The molecule has 0 saturated carbocycles. The normalized spacial score (nSPS) is 10.5. The topological polar surface area (TPSA) is 64.3 Å². The van der Waals surface area contributed by atoms with Crippen LogP contribution in [0.15, 0.2) is 18.2 Å². The summed E-state index contributed by atoms with van der Waals surface area (Å²) in [5.41, 5.74) is 2.66. The number of hydrogen-bond donors (Lipinski definition) is 1. The highest BCUT2D eigenvalue weighted by atomic mass is 16.5. The Kier molecular flexibility index (Phi) is 3.29. The largest absolute Gasteiger partial charge is 0.477 e. The number of aryl methyl sites for hydroxylation is 4. The van der Waals surface area contributed by atoms with Crippen LogP contribution in [0.2, 0.25) is 0 Å². The van der Waals surface area contributed by atoms with Crippen molar-refractivity contribution in [2.24, 2.45) is 7.05 Å². The van der Waals surface area contributed by atoms with E-state index in [0.717, 1.165) is 11.1 Å². The van der Waals surface area contributed by atoms with E-state index >= 15 is 0 Å². The van der Waals surface area contributed by atoms with E-state index in [2.05, 4.69) is 5.10 Å². The van der Waals surface area contributed by atoms with Gasteiger partial charge in [0.1, 0.15) is 11.3 Å². The third-order valence-corrected chi connectivity index (χ3v) is 2.79. The molecule has 100 valence electrons. The molecule has 0 aliphatic rings. The molecule has 0 unspecified atom stereocenters. The van der Waals surface area contributed by atoms with Gasteiger partial charge in [0, 0.05) is 7.05 Å². The number of carboxylic acids is 1. The summed E-state index contributed by atoms with van der Waals surface area (Å²) in [4.78, 5) is 11.2. The van der Waals surface area contributed by atoms with Gasteiger partial charge in [-0.25, -0.2) is 9.48 Å². The van der Waals surface area contributed by atoms with Crippen molar-refractivity contribution >= 4 is 5.97 Å². The second-order valence-corrected chi connectivity index (χ2v) is 4.62. The average molecular weight is 260 g/mol. The Morgan fingerprint density at radius 2 is 1.79 bits per heavy atom. The Morgan fingerprint density at radius 1 is 1.21 bits per heavy atom. The molecule has 1 aromatic heterocycles. The molecule has 0 atom stereocenters. The summed E-state index contributed by atoms with van der Waals surface area (Å²) in [7, 11) is 1.66. The number of hydrogen-bond acceptors (Lipinski definition) is 3. The highest BCUT2D eigenvalue weighted by Gasteiger charge is 2.21. The minimum Gasteiger partial charge on any atom is -0.477 e. The molecule has 1 N–H and O–H groups in total. The van der Waals surface area contributed by atoms with Crippen molar-refractivity contribution in [3.8, 4) is 11.6 Å². The molecule has 0 fully saturated rings. The van der Waals surface area contributed by atoms with Crippen molar-refractivity contribution in [3.05, 3.63) is 40.6 Å². The van der Waals surface area contributed by atoms with Crippen molar-refractivity contribution in [2.75, 3.05) is 0 Å². The smallest absolute Gasteiger partial charge is 0.343 e. The van der Waals surface area contributed by atoms with Crippen LogP contribution in [0.4, 0.5) is 0 Å². The van der Waals surface area contributed by atoms with E-state index in [0.29, 0.717) is 11.4 Å². The van der Waals surface area contributed by atoms with E-state index in [1.807, 2.05) is 32.0 Å². The first-order valence-corrected chi connectivity index (χ1v) is 5.91. The van der Waals surface area contributed by atoms with Crippen molar-refractivity contribution in [1.82, 2.24) is 9.78 Å². The minimum absolute atomic E-state index is 0.0988. The lowest BCUT2D eigenvalue weighted by Crippen LogP contribution is -2.02. The number of benzene rings is 1. The molecule has 0 saturated heterocycles. The van der Waals surface area contributed by atoms with Crippen LogP contribution in [0.5, 0.6) is 11.6 Å². The molecule has 5 heteroatoms. The van der Waals surface area contributed by atoms with Crippen LogP contribution in [0.1, 0.15) is 27.2 Å². The molecule has 1 aromatic carbocycles. The number of aromatic carboxylic acids is 1. The zero-order valence-corrected chi connectivity index (χ0v) is 11.4. The second-order valence-electron chi connectivity index (χ2n) is 4.62. The Morgan fingerprint density at radius 3 is 2.32 bits per heavy atom. The van der Waals surface area contributed by atoms with Gasteiger partial charge in [-0.05, 0) is 44.0 Å². The Balaban J connectivity index is 2.46. The van der Waals surface area contributed by atoms with E-state index in [1.165, 1.54) is 4.68 Å². The van der Waals surface area contributed by atoms with Crippen molar-refractivity contribution in [2.45, 2.75) is 20.8 Å². The standard InChI is InChI=1S/C14H16N2O3/c1-8-5-9(2)7-11(6-8)19-13-12(14(17)18)10(3)15-16(13)4/h5-7H,1-4H3,(H,17,18). The summed E-state index contributed by atoms with van der Waals surface area (Å²) in [6.07, 6.45) is 0.